The van der Waals surface area contributed by atoms with Crippen LogP contribution in [0.5, 0.6) is 0 Å². The molecule has 2 aromatic heterocycles. The third kappa shape index (κ3) is 1.46. The van der Waals surface area contributed by atoms with Crippen molar-refractivity contribution in [3.8, 4) is 0 Å². The Morgan fingerprint density at radius 1 is 1.56 bits per heavy atom. The Morgan fingerprint density at radius 3 is 2.94 bits per heavy atom. The van der Waals surface area contributed by atoms with Gasteiger partial charge in [0, 0.05) is 11.6 Å². The summed E-state index contributed by atoms with van der Waals surface area (Å²) in [7, 11) is 1.32. The van der Waals surface area contributed by atoms with Gasteiger partial charge in [-0.25, -0.2) is 9.78 Å². The van der Waals surface area contributed by atoms with Crippen molar-refractivity contribution < 1.29 is 14.3 Å². The second kappa shape index (κ2) is 3.77. The van der Waals surface area contributed by atoms with Crippen LogP contribution in [-0.4, -0.2) is 29.3 Å². The van der Waals surface area contributed by atoms with Gasteiger partial charge in [-0.1, -0.05) is 0 Å². The van der Waals surface area contributed by atoms with Gasteiger partial charge in [0.15, 0.2) is 6.29 Å². The van der Waals surface area contributed by atoms with E-state index >= 15 is 0 Å². The summed E-state index contributed by atoms with van der Waals surface area (Å²) < 4.78 is 4.64. The van der Waals surface area contributed by atoms with Crippen molar-refractivity contribution in [3.63, 3.8) is 0 Å². The predicted octanol–water partition coefficient (Wildman–Crippen LogP) is 1.47. The Balaban J connectivity index is 2.68. The number of aromatic amines is 1. The zero-order valence-electron chi connectivity index (χ0n) is 8.90. The standard InChI is InChI=1S/C11H10N2O3/c1-6-8-3-7(5-14)13-10(8)12-4-9(6)11(15)16-2/h3-5H,1-2H3,(H,12,13). The monoisotopic (exact) mass is 218 g/mol. The fourth-order valence-corrected chi connectivity index (χ4v) is 1.60. The SMILES string of the molecule is COC(=O)c1cnc2[nH]c(C=O)cc2c1C. The summed E-state index contributed by atoms with van der Waals surface area (Å²) >= 11 is 0. The molecule has 16 heavy (non-hydrogen) atoms. The van der Waals surface area contributed by atoms with E-state index < -0.39 is 5.97 Å². The van der Waals surface area contributed by atoms with E-state index in [0.717, 1.165) is 10.9 Å². The first-order chi connectivity index (χ1) is 7.67. The van der Waals surface area contributed by atoms with Gasteiger partial charge in [0.05, 0.1) is 18.4 Å². The number of aldehydes is 1. The average molecular weight is 218 g/mol. The molecule has 0 atom stereocenters. The average Bonchev–Trinajstić information content (AvgIpc) is 2.72. The smallest absolute Gasteiger partial charge is 0.339 e. The van der Waals surface area contributed by atoms with Crippen molar-refractivity contribution in [2.75, 3.05) is 7.11 Å². The van der Waals surface area contributed by atoms with Crippen LogP contribution in [0.2, 0.25) is 0 Å². The number of pyridine rings is 1. The highest BCUT2D eigenvalue weighted by Gasteiger charge is 2.13. The summed E-state index contributed by atoms with van der Waals surface area (Å²) in [4.78, 5) is 28.9. The molecule has 0 aromatic carbocycles. The molecule has 0 aliphatic rings. The van der Waals surface area contributed by atoms with Crippen molar-refractivity contribution in [2.45, 2.75) is 6.92 Å². The van der Waals surface area contributed by atoms with Gasteiger partial charge in [-0.3, -0.25) is 4.79 Å². The van der Waals surface area contributed by atoms with Gasteiger partial charge in [-0.05, 0) is 18.6 Å². The maximum atomic E-state index is 11.4. The van der Waals surface area contributed by atoms with Crippen LogP contribution in [0.15, 0.2) is 12.3 Å². The molecule has 0 aliphatic carbocycles. The molecule has 0 spiro atoms. The highest BCUT2D eigenvalue weighted by Crippen LogP contribution is 2.20. The van der Waals surface area contributed by atoms with E-state index in [9.17, 15) is 9.59 Å². The number of hydrogen-bond donors (Lipinski definition) is 1. The third-order valence-electron chi connectivity index (χ3n) is 2.48. The fraction of sp³-hybridized carbons (Fsp3) is 0.182. The van der Waals surface area contributed by atoms with Crippen LogP contribution in [0.3, 0.4) is 0 Å². The molecule has 2 rings (SSSR count). The van der Waals surface area contributed by atoms with Crippen LogP contribution >= 0.6 is 0 Å². The summed E-state index contributed by atoms with van der Waals surface area (Å²) in [5, 5.41) is 0.755. The Kier molecular flexibility index (Phi) is 2.44. The molecule has 0 radical (unpaired) electrons. The van der Waals surface area contributed by atoms with Crippen LogP contribution in [0.25, 0.3) is 11.0 Å². The van der Waals surface area contributed by atoms with Gasteiger partial charge in [0.2, 0.25) is 0 Å². The van der Waals surface area contributed by atoms with E-state index in [1.165, 1.54) is 13.3 Å². The van der Waals surface area contributed by atoms with E-state index in [1.807, 2.05) is 0 Å². The number of carbonyl (C=O) groups excluding carboxylic acids is 2. The van der Waals surface area contributed by atoms with Gasteiger partial charge in [-0.15, -0.1) is 0 Å². The van der Waals surface area contributed by atoms with E-state index in [-0.39, 0.29) is 0 Å². The lowest BCUT2D eigenvalue weighted by molar-refractivity contribution is 0.0599. The second-order valence-electron chi connectivity index (χ2n) is 3.39. The molecular formula is C11H10N2O3. The summed E-state index contributed by atoms with van der Waals surface area (Å²) in [6, 6.07) is 1.66. The van der Waals surface area contributed by atoms with Crippen LogP contribution < -0.4 is 0 Å². The zero-order chi connectivity index (χ0) is 11.7. The Hall–Kier alpha value is -2.17. The van der Waals surface area contributed by atoms with Crippen molar-refractivity contribution in [1.82, 2.24) is 9.97 Å². The Bertz CT molecular complexity index is 572. The molecule has 0 amide bonds. The topological polar surface area (TPSA) is 72.0 Å². The minimum Gasteiger partial charge on any atom is -0.465 e. The number of fused-ring (bicyclic) bond motifs is 1. The first kappa shape index (κ1) is 10.4. The maximum Gasteiger partial charge on any atom is 0.339 e. The number of ether oxygens (including phenoxy) is 1. The van der Waals surface area contributed by atoms with Gasteiger partial charge in [0.25, 0.3) is 0 Å². The van der Waals surface area contributed by atoms with Crippen molar-refractivity contribution >= 4 is 23.3 Å². The molecule has 2 aromatic rings. The molecule has 2 heterocycles. The van der Waals surface area contributed by atoms with Crippen LogP contribution in [0.1, 0.15) is 26.4 Å². The number of hydrogen-bond acceptors (Lipinski definition) is 4. The molecule has 0 aliphatic heterocycles. The summed E-state index contributed by atoms with van der Waals surface area (Å²) in [6.45, 7) is 1.79. The number of aryl methyl sites for hydroxylation is 1. The third-order valence-corrected chi connectivity index (χ3v) is 2.48. The summed E-state index contributed by atoms with van der Waals surface area (Å²) in [5.41, 5.74) is 2.19. The van der Waals surface area contributed by atoms with Crippen molar-refractivity contribution in [2.24, 2.45) is 0 Å². The number of carbonyl (C=O) groups is 2. The quantitative estimate of drug-likeness (QED) is 0.612. The van der Waals surface area contributed by atoms with Crippen LogP contribution in [-0.2, 0) is 4.74 Å². The zero-order valence-corrected chi connectivity index (χ0v) is 8.90. The number of H-pyrrole nitrogens is 1. The van der Waals surface area contributed by atoms with E-state index in [2.05, 4.69) is 14.7 Å². The van der Waals surface area contributed by atoms with E-state index in [0.29, 0.717) is 23.2 Å². The number of aromatic nitrogens is 2. The van der Waals surface area contributed by atoms with Gasteiger partial charge in [-0.2, -0.15) is 0 Å². The molecule has 1 N–H and O–H groups in total. The first-order valence-corrected chi connectivity index (χ1v) is 4.69. The lowest BCUT2D eigenvalue weighted by Gasteiger charge is -2.03. The second-order valence-corrected chi connectivity index (χ2v) is 3.39. The fourth-order valence-electron chi connectivity index (χ4n) is 1.60. The number of methoxy groups -OCH3 is 1. The molecule has 0 unspecified atom stereocenters. The van der Waals surface area contributed by atoms with E-state index in [1.54, 1.807) is 13.0 Å². The lowest BCUT2D eigenvalue weighted by Crippen LogP contribution is -2.04. The minimum absolute atomic E-state index is 0.409. The molecule has 0 fully saturated rings. The highest BCUT2D eigenvalue weighted by atomic mass is 16.5. The molecular weight excluding hydrogens is 208 g/mol. The minimum atomic E-state index is -0.430. The van der Waals surface area contributed by atoms with E-state index in [4.69, 9.17) is 0 Å². The largest absolute Gasteiger partial charge is 0.465 e. The highest BCUT2D eigenvalue weighted by molar-refractivity contribution is 5.97. The lowest BCUT2D eigenvalue weighted by atomic mass is 10.1. The normalized spacial score (nSPS) is 10.4. The van der Waals surface area contributed by atoms with Crippen molar-refractivity contribution in [1.29, 1.82) is 0 Å². The van der Waals surface area contributed by atoms with Gasteiger partial charge >= 0.3 is 5.97 Å². The van der Waals surface area contributed by atoms with Crippen LogP contribution in [0, 0.1) is 6.92 Å². The number of nitrogens with zero attached hydrogens (tertiary/aromatic N) is 1. The predicted molar refractivity (Wildman–Crippen MR) is 57.6 cm³/mol. The summed E-state index contributed by atoms with van der Waals surface area (Å²) in [6.07, 6.45) is 2.15. The number of nitrogens with one attached hydrogen (secondary N) is 1. The summed E-state index contributed by atoms with van der Waals surface area (Å²) in [5.74, 6) is -0.430. The van der Waals surface area contributed by atoms with Crippen molar-refractivity contribution in [3.05, 3.63) is 29.1 Å². The maximum absolute atomic E-state index is 11.4. The number of esters is 1. The molecule has 0 saturated carbocycles. The molecule has 0 bridgehead atoms. The Labute approximate surface area is 91.4 Å². The number of rotatable bonds is 2. The molecule has 82 valence electrons. The molecule has 0 saturated heterocycles. The molecule has 5 heteroatoms. The Morgan fingerprint density at radius 2 is 2.31 bits per heavy atom. The van der Waals surface area contributed by atoms with Gasteiger partial charge in [0.1, 0.15) is 5.65 Å². The first-order valence-electron chi connectivity index (χ1n) is 4.69. The van der Waals surface area contributed by atoms with Crippen LogP contribution in [0.4, 0.5) is 0 Å². The van der Waals surface area contributed by atoms with Gasteiger partial charge < -0.3 is 9.72 Å². The molecule has 5 nitrogen and oxygen atoms in total.